The highest BCUT2D eigenvalue weighted by atomic mass is 32.1. The van der Waals surface area contributed by atoms with Gasteiger partial charge in [0.15, 0.2) is 0 Å². The zero-order valence-electron chi connectivity index (χ0n) is 13.1. The Bertz CT molecular complexity index is 780. The van der Waals surface area contributed by atoms with E-state index in [-0.39, 0.29) is 18.4 Å². The summed E-state index contributed by atoms with van der Waals surface area (Å²) in [4.78, 5) is 29.1. The van der Waals surface area contributed by atoms with Crippen LogP contribution < -0.4 is 4.90 Å². The number of aryl methyl sites for hydroxylation is 1. The van der Waals surface area contributed by atoms with Gasteiger partial charge in [-0.05, 0) is 36.1 Å². The molecule has 0 radical (unpaired) electrons. The van der Waals surface area contributed by atoms with Crippen LogP contribution in [0.4, 0.5) is 5.69 Å². The monoisotopic (exact) mass is 339 g/mol. The molecule has 0 saturated carbocycles. The Kier molecular flexibility index (Phi) is 4.92. The molecule has 0 unspecified atom stereocenters. The molecule has 1 aliphatic rings. The number of nitrogens with zero attached hydrogens (tertiary/aromatic N) is 3. The minimum Gasteiger partial charge on any atom is -0.332 e. The van der Waals surface area contributed by atoms with Crippen molar-refractivity contribution in [1.82, 2.24) is 4.90 Å². The molecule has 0 N–H and O–H groups in total. The zero-order valence-corrected chi connectivity index (χ0v) is 14.0. The second kappa shape index (κ2) is 7.28. The van der Waals surface area contributed by atoms with E-state index in [4.69, 9.17) is 5.26 Å². The van der Waals surface area contributed by atoms with Gasteiger partial charge in [-0.15, -0.1) is 11.3 Å². The lowest BCUT2D eigenvalue weighted by atomic mass is 10.1. The van der Waals surface area contributed by atoms with E-state index in [1.165, 1.54) is 4.88 Å². The lowest BCUT2D eigenvalue weighted by Crippen LogP contribution is -2.52. The van der Waals surface area contributed by atoms with E-state index < -0.39 is 0 Å². The number of rotatable bonds is 4. The first kappa shape index (κ1) is 16.2. The molecule has 1 aromatic carbocycles. The van der Waals surface area contributed by atoms with Crippen LogP contribution in [0, 0.1) is 11.3 Å². The molecule has 3 rings (SSSR count). The van der Waals surface area contributed by atoms with Gasteiger partial charge in [0, 0.05) is 30.1 Å². The minimum absolute atomic E-state index is 0.0159. The summed E-state index contributed by atoms with van der Waals surface area (Å²) in [6, 6.07) is 13.1. The summed E-state index contributed by atoms with van der Waals surface area (Å²) < 4.78 is 0. The number of thiophene rings is 1. The van der Waals surface area contributed by atoms with Crippen LogP contribution in [0.3, 0.4) is 0 Å². The fraction of sp³-hybridized carbons (Fsp3) is 0.278. The third-order valence-electron chi connectivity index (χ3n) is 4.03. The van der Waals surface area contributed by atoms with Crippen LogP contribution in [-0.4, -0.2) is 36.3 Å². The van der Waals surface area contributed by atoms with E-state index in [2.05, 4.69) is 6.07 Å². The van der Waals surface area contributed by atoms with Crippen molar-refractivity contribution in [2.45, 2.75) is 12.8 Å². The molecule has 1 aromatic heterocycles. The Morgan fingerprint density at radius 1 is 1.25 bits per heavy atom. The van der Waals surface area contributed by atoms with Crippen LogP contribution in [0.15, 0.2) is 41.8 Å². The van der Waals surface area contributed by atoms with Crippen molar-refractivity contribution >= 4 is 28.8 Å². The fourth-order valence-corrected chi connectivity index (χ4v) is 3.45. The molecule has 2 aromatic rings. The highest BCUT2D eigenvalue weighted by Crippen LogP contribution is 2.19. The van der Waals surface area contributed by atoms with Crippen molar-refractivity contribution in [2.24, 2.45) is 0 Å². The number of carbonyl (C=O) groups excluding carboxylic acids is 2. The quantitative estimate of drug-likeness (QED) is 0.859. The Balaban J connectivity index is 1.59. The first-order valence-electron chi connectivity index (χ1n) is 7.78. The number of nitriles is 1. The molecule has 0 atom stereocenters. The molecule has 6 heteroatoms. The van der Waals surface area contributed by atoms with Crippen LogP contribution in [0.1, 0.15) is 16.9 Å². The largest absolute Gasteiger partial charge is 0.332 e. The Morgan fingerprint density at radius 3 is 2.83 bits per heavy atom. The maximum atomic E-state index is 12.4. The van der Waals surface area contributed by atoms with Crippen molar-refractivity contribution in [3.05, 3.63) is 52.2 Å². The molecule has 0 aliphatic carbocycles. The lowest BCUT2D eigenvalue weighted by Gasteiger charge is -2.34. The van der Waals surface area contributed by atoms with Crippen LogP contribution in [-0.2, 0) is 16.0 Å². The topological polar surface area (TPSA) is 64.4 Å². The Morgan fingerprint density at radius 2 is 2.12 bits per heavy atom. The third-order valence-corrected chi connectivity index (χ3v) is 4.96. The number of hydrogen-bond donors (Lipinski definition) is 0. The molecule has 1 fully saturated rings. The molecule has 0 spiro atoms. The lowest BCUT2D eigenvalue weighted by molar-refractivity contribution is -0.136. The first-order chi connectivity index (χ1) is 11.7. The molecule has 1 aliphatic heterocycles. The third kappa shape index (κ3) is 3.63. The number of piperazine rings is 1. The van der Waals surface area contributed by atoms with Crippen molar-refractivity contribution in [3.63, 3.8) is 0 Å². The summed E-state index contributed by atoms with van der Waals surface area (Å²) >= 11 is 1.64. The average molecular weight is 339 g/mol. The highest BCUT2D eigenvalue weighted by Gasteiger charge is 2.27. The number of benzene rings is 1. The van der Waals surface area contributed by atoms with Crippen LogP contribution in [0.2, 0.25) is 0 Å². The fourth-order valence-electron chi connectivity index (χ4n) is 2.75. The maximum Gasteiger partial charge on any atom is 0.246 e. The maximum absolute atomic E-state index is 12.4. The number of carbonyl (C=O) groups is 2. The minimum atomic E-state index is -0.110. The summed E-state index contributed by atoms with van der Waals surface area (Å²) in [6.07, 6.45) is 1.15. The molecule has 2 heterocycles. The molecule has 2 amide bonds. The Hall–Kier alpha value is -2.65. The predicted octanol–water partition coefficient (Wildman–Crippen LogP) is 2.43. The standard InChI is InChI=1S/C18H17N3O2S/c19-12-14-3-1-4-15(11-14)21-9-8-20(13-18(21)23)17(22)7-6-16-5-2-10-24-16/h1-5,10-11H,6-9,13H2. The predicted molar refractivity (Wildman–Crippen MR) is 92.7 cm³/mol. The van der Waals surface area contributed by atoms with Gasteiger partial charge in [0.1, 0.15) is 6.54 Å². The zero-order chi connectivity index (χ0) is 16.9. The van der Waals surface area contributed by atoms with Gasteiger partial charge in [0.05, 0.1) is 11.6 Å². The molecule has 24 heavy (non-hydrogen) atoms. The average Bonchev–Trinajstić information content (AvgIpc) is 3.13. The van der Waals surface area contributed by atoms with Crippen molar-refractivity contribution in [1.29, 1.82) is 5.26 Å². The van der Waals surface area contributed by atoms with Gasteiger partial charge >= 0.3 is 0 Å². The van der Waals surface area contributed by atoms with Gasteiger partial charge in [0.25, 0.3) is 0 Å². The van der Waals surface area contributed by atoms with E-state index in [9.17, 15) is 9.59 Å². The summed E-state index contributed by atoms with van der Waals surface area (Å²) in [6.45, 7) is 1.07. The van der Waals surface area contributed by atoms with E-state index in [1.807, 2.05) is 23.6 Å². The number of hydrogen-bond acceptors (Lipinski definition) is 4. The van der Waals surface area contributed by atoms with Gasteiger partial charge < -0.3 is 9.80 Å². The molecule has 5 nitrogen and oxygen atoms in total. The van der Waals surface area contributed by atoms with E-state index in [0.29, 0.717) is 30.8 Å². The van der Waals surface area contributed by atoms with Gasteiger partial charge in [-0.25, -0.2) is 0 Å². The SMILES string of the molecule is N#Cc1cccc(N2CCN(C(=O)CCc3cccs3)CC2=O)c1. The second-order valence-electron chi connectivity index (χ2n) is 5.60. The van der Waals surface area contributed by atoms with E-state index in [0.717, 1.165) is 6.42 Å². The van der Waals surface area contributed by atoms with Gasteiger partial charge in [0.2, 0.25) is 11.8 Å². The van der Waals surface area contributed by atoms with Crippen LogP contribution in [0.25, 0.3) is 0 Å². The summed E-state index contributed by atoms with van der Waals surface area (Å²) in [5.41, 5.74) is 1.24. The smallest absolute Gasteiger partial charge is 0.246 e. The van der Waals surface area contributed by atoms with Crippen LogP contribution in [0.5, 0.6) is 0 Å². The first-order valence-corrected chi connectivity index (χ1v) is 8.66. The molecule has 122 valence electrons. The number of amides is 2. The van der Waals surface area contributed by atoms with Crippen molar-refractivity contribution in [2.75, 3.05) is 24.5 Å². The Labute approximate surface area is 144 Å². The molecule has 1 saturated heterocycles. The molecular weight excluding hydrogens is 322 g/mol. The molecule has 0 bridgehead atoms. The summed E-state index contributed by atoms with van der Waals surface area (Å²) in [5, 5.41) is 11.0. The van der Waals surface area contributed by atoms with E-state index >= 15 is 0 Å². The summed E-state index contributed by atoms with van der Waals surface area (Å²) in [7, 11) is 0. The second-order valence-corrected chi connectivity index (χ2v) is 6.63. The number of anilines is 1. The van der Waals surface area contributed by atoms with Gasteiger partial charge in [-0.2, -0.15) is 5.26 Å². The van der Waals surface area contributed by atoms with E-state index in [1.54, 1.807) is 39.3 Å². The van der Waals surface area contributed by atoms with Gasteiger partial charge in [-0.3, -0.25) is 9.59 Å². The van der Waals surface area contributed by atoms with Crippen molar-refractivity contribution in [3.8, 4) is 6.07 Å². The highest BCUT2D eigenvalue weighted by molar-refractivity contribution is 7.09. The van der Waals surface area contributed by atoms with Crippen molar-refractivity contribution < 1.29 is 9.59 Å². The normalized spacial score (nSPS) is 14.5. The van der Waals surface area contributed by atoms with Gasteiger partial charge in [-0.1, -0.05) is 12.1 Å². The van der Waals surface area contributed by atoms with Crippen LogP contribution >= 0.6 is 11.3 Å². The molecular formula is C18H17N3O2S. The summed E-state index contributed by atoms with van der Waals surface area (Å²) in [5.74, 6) is -0.0945.